The van der Waals surface area contributed by atoms with Gasteiger partial charge in [0.05, 0.1) is 28.9 Å². The molecule has 0 fully saturated rings. The Labute approximate surface area is 131 Å². The summed E-state index contributed by atoms with van der Waals surface area (Å²) in [6, 6.07) is 9.87. The molecule has 1 N–H and O–H groups in total. The number of carbonyl (C=O) groups is 1. The number of phenols is 1. The topological polar surface area (TPSA) is 64.3 Å². The summed E-state index contributed by atoms with van der Waals surface area (Å²) in [5.41, 5.74) is 2.35. The van der Waals surface area contributed by atoms with Crippen molar-refractivity contribution in [3.63, 3.8) is 0 Å². The fourth-order valence-corrected chi connectivity index (χ4v) is 2.40. The number of aromatic hydroxyl groups is 1. The van der Waals surface area contributed by atoms with Gasteiger partial charge in [-0.05, 0) is 43.3 Å². The third-order valence-corrected chi connectivity index (χ3v) is 3.49. The lowest BCUT2D eigenvalue weighted by Crippen LogP contribution is -2.04. The quantitative estimate of drug-likeness (QED) is 0.750. The summed E-state index contributed by atoms with van der Waals surface area (Å²) >= 11 is 5.98. The Hall–Kier alpha value is -2.53. The summed E-state index contributed by atoms with van der Waals surface area (Å²) in [6.07, 6.45) is 1.57. The molecular formula is C16H13ClN2O3. The second kappa shape index (κ2) is 5.69. The van der Waals surface area contributed by atoms with Crippen LogP contribution in [0.4, 0.5) is 0 Å². The zero-order valence-electron chi connectivity index (χ0n) is 11.8. The molecule has 1 heterocycles. The molecule has 0 radical (unpaired) electrons. The van der Waals surface area contributed by atoms with Gasteiger partial charge in [0, 0.05) is 5.02 Å². The van der Waals surface area contributed by atoms with Crippen molar-refractivity contribution < 1.29 is 14.6 Å². The molecule has 3 rings (SSSR count). The van der Waals surface area contributed by atoms with Gasteiger partial charge in [-0.25, -0.2) is 9.78 Å². The van der Waals surface area contributed by atoms with Gasteiger partial charge in [-0.15, -0.1) is 0 Å². The highest BCUT2D eigenvalue weighted by molar-refractivity contribution is 6.30. The van der Waals surface area contributed by atoms with Crippen molar-refractivity contribution in [3.8, 4) is 11.4 Å². The molecule has 1 aromatic heterocycles. The van der Waals surface area contributed by atoms with Gasteiger partial charge in [0.15, 0.2) is 0 Å². The molecule has 0 saturated heterocycles. The van der Waals surface area contributed by atoms with Crippen LogP contribution in [0, 0.1) is 0 Å². The van der Waals surface area contributed by atoms with Crippen LogP contribution >= 0.6 is 11.6 Å². The van der Waals surface area contributed by atoms with Gasteiger partial charge in [-0.2, -0.15) is 0 Å². The van der Waals surface area contributed by atoms with Crippen LogP contribution in [0.5, 0.6) is 5.75 Å². The first-order chi connectivity index (χ1) is 10.6. The van der Waals surface area contributed by atoms with Crippen molar-refractivity contribution in [2.45, 2.75) is 6.92 Å². The lowest BCUT2D eigenvalue weighted by atomic mass is 10.2. The maximum atomic E-state index is 11.7. The number of ether oxygens (including phenoxy) is 1. The van der Waals surface area contributed by atoms with E-state index in [9.17, 15) is 9.90 Å². The third kappa shape index (κ3) is 2.51. The number of rotatable bonds is 3. The molecule has 0 spiro atoms. The van der Waals surface area contributed by atoms with Crippen LogP contribution in [0.2, 0.25) is 5.02 Å². The fourth-order valence-electron chi connectivity index (χ4n) is 2.24. The Bertz CT molecular complexity index is 858. The summed E-state index contributed by atoms with van der Waals surface area (Å²) in [5.74, 6) is -0.289. The number of benzene rings is 2. The minimum atomic E-state index is -0.385. The molecule has 0 saturated carbocycles. The standard InChI is InChI=1S/C16H13ClN2O3/c1-2-22-16(21)10-3-5-13-12(7-10)18-9-19(13)14-8-11(17)4-6-15(14)20/h3-9,20H,2H2,1H3. The van der Waals surface area contributed by atoms with E-state index < -0.39 is 0 Å². The summed E-state index contributed by atoms with van der Waals surface area (Å²) in [7, 11) is 0. The highest BCUT2D eigenvalue weighted by Crippen LogP contribution is 2.28. The maximum absolute atomic E-state index is 11.7. The number of hydrogen-bond acceptors (Lipinski definition) is 4. The molecule has 0 amide bonds. The van der Waals surface area contributed by atoms with Gasteiger partial charge in [-0.3, -0.25) is 4.57 Å². The number of carbonyl (C=O) groups excluding carboxylic acids is 1. The lowest BCUT2D eigenvalue weighted by Gasteiger charge is -2.08. The van der Waals surface area contributed by atoms with E-state index >= 15 is 0 Å². The molecule has 2 aromatic carbocycles. The predicted molar refractivity (Wildman–Crippen MR) is 83.7 cm³/mol. The van der Waals surface area contributed by atoms with Crippen molar-refractivity contribution in [2.24, 2.45) is 0 Å². The minimum absolute atomic E-state index is 0.0955. The Morgan fingerprint density at radius 3 is 2.91 bits per heavy atom. The second-order valence-corrected chi connectivity index (χ2v) is 5.11. The molecule has 6 heteroatoms. The van der Waals surface area contributed by atoms with Crippen molar-refractivity contribution >= 4 is 28.6 Å². The van der Waals surface area contributed by atoms with Gasteiger partial charge in [0.25, 0.3) is 0 Å². The van der Waals surface area contributed by atoms with E-state index in [0.29, 0.717) is 28.4 Å². The average Bonchev–Trinajstić information content (AvgIpc) is 2.93. The van der Waals surface area contributed by atoms with Gasteiger partial charge in [0.2, 0.25) is 0 Å². The molecule has 0 aliphatic carbocycles. The first-order valence-electron chi connectivity index (χ1n) is 6.73. The summed E-state index contributed by atoms with van der Waals surface area (Å²) in [4.78, 5) is 16.0. The van der Waals surface area contributed by atoms with Crippen LogP contribution < -0.4 is 0 Å². The van der Waals surface area contributed by atoms with E-state index in [1.54, 1.807) is 48.1 Å². The van der Waals surface area contributed by atoms with Crippen LogP contribution in [0.1, 0.15) is 17.3 Å². The number of hydrogen-bond donors (Lipinski definition) is 1. The zero-order chi connectivity index (χ0) is 15.7. The van der Waals surface area contributed by atoms with E-state index in [2.05, 4.69) is 4.98 Å². The average molecular weight is 317 g/mol. The molecule has 3 aromatic rings. The highest BCUT2D eigenvalue weighted by atomic mass is 35.5. The summed E-state index contributed by atoms with van der Waals surface area (Å²) in [5, 5.41) is 10.5. The number of fused-ring (bicyclic) bond motifs is 1. The summed E-state index contributed by atoms with van der Waals surface area (Å²) in [6.45, 7) is 2.08. The van der Waals surface area contributed by atoms with Crippen LogP contribution in [-0.2, 0) is 4.74 Å². The normalized spacial score (nSPS) is 10.8. The van der Waals surface area contributed by atoms with Crippen LogP contribution in [-0.4, -0.2) is 27.2 Å². The molecule has 0 bridgehead atoms. The minimum Gasteiger partial charge on any atom is -0.506 e. The van der Waals surface area contributed by atoms with Crippen LogP contribution in [0.3, 0.4) is 0 Å². The number of nitrogens with zero attached hydrogens (tertiary/aromatic N) is 2. The van der Waals surface area contributed by atoms with E-state index in [-0.39, 0.29) is 11.7 Å². The first kappa shape index (κ1) is 14.4. The predicted octanol–water partition coefficient (Wildman–Crippen LogP) is 3.56. The number of phenolic OH excluding ortho intramolecular Hbond substituents is 1. The number of imidazole rings is 1. The first-order valence-corrected chi connectivity index (χ1v) is 7.11. The Morgan fingerprint density at radius 1 is 1.32 bits per heavy atom. The molecular weight excluding hydrogens is 304 g/mol. The van der Waals surface area contributed by atoms with Crippen molar-refractivity contribution in [2.75, 3.05) is 6.61 Å². The second-order valence-electron chi connectivity index (χ2n) is 4.67. The van der Waals surface area contributed by atoms with E-state index in [4.69, 9.17) is 16.3 Å². The molecule has 0 aliphatic heterocycles. The molecule has 0 unspecified atom stereocenters. The molecule has 22 heavy (non-hydrogen) atoms. The fraction of sp³-hybridized carbons (Fsp3) is 0.125. The maximum Gasteiger partial charge on any atom is 0.338 e. The smallest absolute Gasteiger partial charge is 0.338 e. The monoisotopic (exact) mass is 316 g/mol. The summed E-state index contributed by atoms with van der Waals surface area (Å²) < 4.78 is 6.69. The van der Waals surface area contributed by atoms with E-state index in [1.165, 1.54) is 6.07 Å². The van der Waals surface area contributed by atoms with Crippen molar-refractivity contribution in [3.05, 3.63) is 53.3 Å². The Balaban J connectivity index is 2.10. The third-order valence-electron chi connectivity index (χ3n) is 3.26. The van der Waals surface area contributed by atoms with Gasteiger partial charge < -0.3 is 9.84 Å². The van der Waals surface area contributed by atoms with Crippen LogP contribution in [0.25, 0.3) is 16.7 Å². The van der Waals surface area contributed by atoms with Crippen molar-refractivity contribution in [1.82, 2.24) is 9.55 Å². The van der Waals surface area contributed by atoms with Gasteiger partial charge in [0.1, 0.15) is 12.1 Å². The van der Waals surface area contributed by atoms with Gasteiger partial charge >= 0.3 is 5.97 Å². The SMILES string of the molecule is CCOC(=O)c1ccc2c(c1)ncn2-c1cc(Cl)ccc1O. The van der Waals surface area contributed by atoms with Crippen LogP contribution in [0.15, 0.2) is 42.7 Å². The molecule has 0 atom stereocenters. The van der Waals surface area contributed by atoms with Crippen molar-refractivity contribution in [1.29, 1.82) is 0 Å². The lowest BCUT2D eigenvalue weighted by molar-refractivity contribution is 0.0526. The largest absolute Gasteiger partial charge is 0.506 e. The Morgan fingerprint density at radius 2 is 2.14 bits per heavy atom. The van der Waals surface area contributed by atoms with E-state index in [0.717, 1.165) is 5.52 Å². The van der Waals surface area contributed by atoms with E-state index in [1.807, 2.05) is 0 Å². The number of aromatic nitrogens is 2. The molecule has 0 aliphatic rings. The molecule has 112 valence electrons. The van der Waals surface area contributed by atoms with Gasteiger partial charge in [-0.1, -0.05) is 11.6 Å². The number of esters is 1. The zero-order valence-corrected chi connectivity index (χ0v) is 12.5. The molecule has 5 nitrogen and oxygen atoms in total. The number of halogens is 1. The Kier molecular flexibility index (Phi) is 3.73. The highest BCUT2D eigenvalue weighted by Gasteiger charge is 2.12.